The van der Waals surface area contributed by atoms with Crippen LogP contribution in [0.25, 0.3) is 0 Å². The lowest BCUT2D eigenvalue weighted by molar-refractivity contribution is 0.298. The van der Waals surface area contributed by atoms with Gasteiger partial charge in [-0.2, -0.15) is 0 Å². The SMILES string of the molecule is COc1ccc(OC2CC2)c(Br)n1. The van der Waals surface area contributed by atoms with Crippen molar-refractivity contribution < 1.29 is 9.47 Å². The molecular weight excluding hydrogens is 234 g/mol. The minimum Gasteiger partial charge on any atom is -0.488 e. The summed E-state index contributed by atoms with van der Waals surface area (Å²) in [6.45, 7) is 0. The minimum absolute atomic E-state index is 0.395. The molecule has 0 bridgehead atoms. The van der Waals surface area contributed by atoms with E-state index in [1.807, 2.05) is 6.07 Å². The number of pyridine rings is 1. The lowest BCUT2D eigenvalue weighted by Crippen LogP contribution is -1.98. The van der Waals surface area contributed by atoms with Gasteiger partial charge >= 0.3 is 0 Å². The Morgan fingerprint density at radius 2 is 2.23 bits per heavy atom. The molecule has 0 unspecified atom stereocenters. The molecule has 1 fully saturated rings. The normalized spacial score (nSPS) is 15.5. The molecule has 1 aliphatic carbocycles. The lowest BCUT2D eigenvalue weighted by atomic mass is 10.4. The number of halogens is 1. The van der Waals surface area contributed by atoms with E-state index in [1.54, 1.807) is 13.2 Å². The van der Waals surface area contributed by atoms with Crippen molar-refractivity contribution in [2.75, 3.05) is 7.11 Å². The van der Waals surface area contributed by atoms with Gasteiger partial charge in [0.25, 0.3) is 0 Å². The molecule has 1 aromatic rings. The Hall–Kier alpha value is -0.770. The van der Waals surface area contributed by atoms with Crippen LogP contribution in [0.1, 0.15) is 12.8 Å². The maximum absolute atomic E-state index is 5.59. The van der Waals surface area contributed by atoms with Crippen LogP contribution >= 0.6 is 15.9 Å². The Morgan fingerprint density at radius 3 is 2.77 bits per heavy atom. The summed E-state index contributed by atoms with van der Waals surface area (Å²) in [5.41, 5.74) is 0. The standard InChI is InChI=1S/C9H10BrNO2/c1-12-8-5-4-7(9(10)11-8)13-6-2-3-6/h4-6H,2-3H2,1H3. The number of rotatable bonds is 3. The second kappa shape index (κ2) is 3.54. The van der Waals surface area contributed by atoms with Crippen molar-refractivity contribution in [2.24, 2.45) is 0 Å². The van der Waals surface area contributed by atoms with Crippen molar-refractivity contribution in [3.63, 3.8) is 0 Å². The number of methoxy groups -OCH3 is 1. The summed E-state index contributed by atoms with van der Waals surface area (Å²) < 4.78 is 11.3. The second-order valence-electron chi connectivity index (χ2n) is 2.96. The van der Waals surface area contributed by atoms with Gasteiger partial charge in [-0.15, -0.1) is 0 Å². The zero-order valence-electron chi connectivity index (χ0n) is 7.29. The molecule has 0 aliphatic heterocycles. The van der Waals surface area contributed by atoms with Crippen molar-refractivity contribution in [3.05, 3.63) is 16.7 Å². The summed E-state index contributed by atoms with van der Waals surface area (Å²) in [5.74, 6) is 1.39. The van der Waals surface area contributed by atoms with Gasteiger partial charge in [-0.1, -0.05) is 0 Å². The molecule has 1 aliphatic rings. The molecule has 4 heteroatoms. The van der Waals surface area contributed by atoms with E-state index in [-0.39, 0.29) is 0 Å². The molecule has 0 amide bonds. The molecule has 0 spiro atoms. The highest BCUT2D eigenvalue weighted by molar-refractivity contribution is 9.10. The van der Waals surface area contributed by atoms with Crippen LogP contribution in [0.5, 0.6) is 11.6 Å². The van der Waals surface area contributed by atoms with Crippen LogP contribution in [0.4, 0.5) is 0 Å². The number of hydrogen-bond donors (Lipinski definition) is 0. The van der Waals surface area contributed by atoms with E-state index in [2.05, 4.69) is 20.9 Å². The van der Waals surface area contributed by atoms with E-state index in [9.17, 15) is 0 Å². The van der Waals surface area contributed by atoms with Gasteiger partial charge < -0.3 is 9.47 Å². The van der Waals surface area contributed by atoms with Crippen LogP contribution in [0, 0.1) is 0 Å². The maximum Gasteiger partial charge on any atom is 0.214 e. The predicted octanol–water partition coefficient (Wildman–Crippen LogP) is 2.39. The number of ether oxygens (including phenoxy) is 2. The van der Waals surface area contributed by atoms with E-state index in [4.69, 9.17) is 9.47 Å². The zero-order valence-corrected chi connectivity index (χ0v) is 8.87. The van der Waals surface area contributed by atoms with Crippen molar-refractivity contribution in [2.45, 2.75) is 18.9 Å². The Kier molecular flexibility index (Phi) is 2.40. The van der Waals surface area contributed by atoms with Gasteiger partial charge in [-0.25, -0.2) is 4.98 Å². The molecule has 70 valence electrons. The van der Waals surface area contributed by atoms with E-state index in [1.165, 1.54) is 0 Å². The van der Waals surface area contributed by atoms with Gasteiger partial charge in [0.05, 0.1) is 13.2 Å². The first-order valence-corrected chi connectivity index (χ1v) is 4.96. The van der Waals surface area contributed by atoms with Crippen molar-refractivity contribution in [1.29, 1.82) is 0 Å². The fourth-order valence-corrected chi connectivity index (χ4v) is 1.37. The molecule has 13 heavy (non-hydrogen) atoms. The monoisotopic (exact) mass is 243 g/mol. The van der Waals surface area contributed by atoms with Gasteiger partial charge in [0.2, 0.25) is 5.88 Å². The fourth-order valence-electron chi connectivity index (χ4n) is 0.972. The highest BCUT2D eigenvalue weighted by Gasteiger charge is 2.24. The smallest absolute Gasteiger partial charge is 0.214 e. The van der Waals surface area contributed by atoms with Crippen LogP contribution in [0.15, 0.2) is 16.7 Å². The van der Waals surface area contributed by atoms with Crippen molar-refractivity contribution in [3.8, 4) is 11.6 Å². The quantitative estimate of drug-likeness (QED) is 0.765. The van der Waals surface area contributed by atoms with E-state index >= 15 is 0 Å². The highest BCUT2D eigenvalue weighted by Crippen LogP contribution is 2.31. The summed E-state index contributed by atoms with van der Waals surface area (Å²) in [7, 11) is 1.59. The minimum atomic E-state index is 0.395. The molecule has 0 N–H and O–H groups in total. The van der Waals surface area contributed by atoms with E-state index in [0.29, 0.717) is 16.6 Å². The summed E-state index contributed by atoms with van der Waals surface area (Å²) in [4.78, 5) is 4.14. The van der Waals surface area contributed by atoms with Crippen LogP contribution in [-0.4, -0.2) is 18.2 Å². The summed E-state index contributed by atoms with van der Waals surface area (Å²) in [5, 5.41) is 0. The molecule has 1 aromatic heterocycles. The third-order valence-electron chi connectivity index (χ3n) is 1.82. The van der Waals surface area contributed by atoms with E-state index in [0.717, 1.165) is 18.6 Å². The third-order valence-corrected chi connectivity index (χ3v) is 2.38. The molecule has 1 saturated carbocycles. The lowest BCUT2D eigenvalue weighted by Gasteiger charge is -2.06. The summed E-state index contributed by atoms with van der Waals surface area (Å²) >= 11 is 3.33. The molecule has 0 atom stereocenters. The summed E-state index contributed by atoms with van der Waals surface area (Å²) in [6, 6.07) is 3.66. The van der Waals surface area contributed by atoms with Gasteiger partial charge in [-0.3, -0.25) is 0 Å². The van der Waals surface area contributed by atoms with Crippen LogP contribution < -0.4 is 9.47 Å². The van der Waals surface area contributed by atoms with Gasteiger partial charge in [0.1, 0.15) is 0 Å². The van der Waals surface area contributed by atoms with Crippen LogP contribution in [-0.2, 0) is 0 Å². The van der Waals surface area contributed by atoms with Crippen molar-refractivity contribution >= 4 is 15.9 Å². The molecule has 1 heterocycles. The Bertz CT molecular complexity index is 312. The van der Waals surface area contributed by atoms with Crippen LogP contribution in [0.2, 0.25) is 0 Å². The molecule has 0 saturated heterocycles. The average molecular weight is 244 g/mol. The number of aromatic nitrogens is 1. The Balaban J connectivity index is 2.15. The first-order valence-electron chi connectivity index (χ1n) is 4.17. The second-order valence-corrected chi connectivity index (χ2v) is 3.71. The third kappa shape index (κ3) is 2.12. The summed E-state index contributed by atoms with van der Waals surface area (Å²) in [6.07, 6.45) is 2.70. The molecule has 0 radical (unpaired) electrons. The van der Waals surface area contributed by atoms with E-state index < -0.39 is 0 Å². The molecule has 3 nitrogen and oxygen atoms in total. The van der Waals surface area contributed by atoms with Gasteiger partial charge in [0, 0.05) is 6.07 Å². The topological polar surface area (TPSA) is 31.4 Å². The van der Waals surface area contributed by atoms with Crippen LogP contribution in [0.3, 0.4) is 0 Å². The fraction of sp³-hybridized carbons (Fsp3) is 0.444. The molecule has 0 aromatic carbocycles. The van der Waals surface area contributed by atoms with Gasteiger partial charge in [0.15, 0.2) is 10.4 Å². The Morgan fingerprint density at radius 1 is 1.46 bits per heavy atom. The number of nitrogens with zero attached hydrogens (tertiary/aromatic N) is 1. The van der Waals surface area contributed by atoms with Gasteiger partial charge in [-0.05, 0) is 34.8 Å². The largest absolute Gasteiger partial charge is 0.488 e. The molecular formula is C9H10BrNO2. The maximum atomic E-state index is 5.59. The molecule has 2 rings (SSSR count). The average Bonchev–Trinajstić information content (AvgIpc) is 2.92. The Labute approximate surface area is 85.2 Å². The first-order chi connectivity index (χ1) is 6.29. The van der Waals surface area contributed by atoms with Crippen molar-refractivity contribution in [1.82, 2.24) is 4.98 Å². The highest BCUT2D eigenvalue weighted by atomic mass is 79.9. The predicted molar refractivity (Wildman–Crippen MR) is 52.1 cm³/mol. The first kappa shape index (κ1) is 8.81. The number of hydrogen-bond acceptors (Lipinski definition) is 3. The zero-order chi connectivity index (χ0) is 9.26.